The lowest BCUT2D eigenvalue weighted by Crippen LogP contribution is -2.36. The van der Waals surface area contributed by atoms with Crippen molar-refractivity contribution in [1.29, 1.82) is 0 Å². The van der Waals surface area contributed by atoms with Gasteiger partial charge in [0.25, 0.3) is 0 Å². The molecule has 0 spiro atoms. The summed E-state index contributed by atoms with van der Waals surface area (Å²) in [5, 5.41) is 0. The summed E-state index contributed by atoms with van der Waals surface area (Å²) < 4.78 is 11.0. The molecule has 2 aliphatic rings. The topological polar surface area (TPSA) is 21.7 Å². The molecule has 1 atom stereocenters. The van der Waals surface area contributed by atoms with Crippen molar-refractivity contribution in [3.8, 4) is 0 Å². The second-order valence-corrected chi connectivity index (χ2v) is 5.89. The highest BCUT2D eigenvalue weighted by Crippen LogP contribution is 2.31. The average Bonchev–Trinajstić information content (AvgIpc) is 2.94. The molecule has 0 saturated carbocycles. The van der Waals surface area contributed by atoms with E-state index in [0.29, 0.717) is 5.44 Å². The average molecular weight is 265 g/mol. The highest BCUT2D eigenvalue weighted by Gasteiger charge is 2.17. The standard InChI is InChI=1S/C14H19NO2S/c1-2-14(17-9-1)18-13-5-3-12(4-6-13)15-7-10-16-11-8-15/h3-6,14H,1-2,7-11H2. The second kappa shape index (κ2) is 5.95. The van der Waals surface area contributed by atoms with E-state index < -0.39 is 0 Å². The fourth-order valence-corrected chi connectivity index (χ4v) is 3.40. The minimum absolute atomic E-state index is 0.360. The summed E-state index contributed by atoms with van der Waals surface area (Å²) in [4.78, 5) is 3.68. The summed E-state index contributed by atoms with van der Waals surface area (Å²) in [6.45, 7) is 4.60. The van der Waals surface area contributed by atoms with Gasteiger partial charge in [-0.3, -0.25) is 0 Å². The Bertz CT molecular complexity index is 370. The number of ether oxygens (including phenoxy) is 2. The molecule has 4 heteroatoms. The lowest BCUT2D eigenvalue weighted by Gasteiger charge is -2.28. The quantitative estimate of drug-likeness (QED) is 0.837. The Hall–Kier alpha value is -0.710. The van der Waals surface area contributed by atoms with E-state index in [1.165, 1.54) is 23.4 Å². The van der Waals surface area contributed by atoms with E-state index in [4.69, 9.17) is 9.47 Å². The van der Waals surface area contributed by atoms with Gasteiger partial charge in [0.15, 0.2) is 0 Å². The predicted molar refractivity (Wildman–Crippen MR) is 74.3 cm³/mol. The molecule has 1 unspecified atom stereocenters. The molecule has 3 rings (SSSR count). The van der Waals surface area contributed by atoms with Gasteiger partial charge in [-0.1, -0.05) is 11.8 Å². The number of morpholine rings is 1. The molecule has 1 aromatic rings. The third-order valence-electron chi connectivity index (χ3n) is 3.37. The molecule has 1 aromatic carbocycles. The van der Waals surface area contributed by atoms with Gasteiger partial charge in [-0.2, -0.15) is 0 Å². The molecule has 2 heterocycles. The lowest BCUT2D eigenvalue weighted by molar-refractivity contribution is 0.122. The first-order valence-corrected chi connectivity index (χ1v) is 7.51. The number of benzene rings is 1. The van der Waals surface area contributed by atoms with Gasteiger partial charge in [0.1, 0.15) is 5.44 Å². The van der Waals surface area contributed by atoms with Crippen molar-refractivity contribution < 1.29 is 9.47 Å². The zero-order valence-corrected chi connectivity index (χ0v) is 11.3. The Kier molecular flexibility index (Phi) is 4.08. The van der Waals surface area contributed by atoms with E-state index in [0.717, 1.165) is 32.9 Å². The zero-order chi connectivity index (χ0) is 12.2. The predicted octanol–water partition coefficient (Wildman–Crippen LogP) is 2.75. The van der Waals surface area contributed by atoms with Crippen LogP contribution in [0.3, 0.4) is 0 Å². The van der Waals surface area contributed by atoms with Crippen LogP contribution in [0.2, 0.25) is 0 Å². The number of hydrogen-bond acceptors (Lipinski definition) is 4. The first-order chi connectivity index (χ1) is 8.92. The van der Waals surface area contributed by atoms with Crippen LogP contribution >= 0.6 is 11.8 Å². The molecule has 0 aliphatic carbocycles. The minimum atomic E-state index is 0.360. The Morgan fingerprint density at radius 3 is 2.50 bits per heavy atom. The monoisotopic (exact) mass is 265 g/mol. The van der Waals surface area contributed by atoms with Crippen LogP contribution in [-0.2, 0) is 9.47 Å². The molecule has 0 bridgehead atoms. The molecule has 18 heavy (non-hydrogen) atoms. The number of rotatable bonds is 3. The van der Waals surface area contributed by atoms with Crippen molar-refractivity contribution in [2.75, 3.05) is 37.8 Å². The van der Waals surface area contributed by atoms with Crippen LogP contribution in [0.5, 0.6) is 0 Å². The Morgan fingerprint density at radius 1 is 1.06 bits per heavy atom. The van der Waals surface area contributed by atoms with Crippen LogP contribution in [0.15, 0.2) is 29.2 Å². The summed E-state index contributed by atoms with van der Waals surface area (Å²) in [5.74, 6) is 0. The van der Waals surface area contributed by atoms with Gasteiger partial charge in [-0.15, -0.1) is 0 Å². The molecule has 0 amide bonds. The van der Waals surface area contributed by atoms with Crippen LogP contribution in [0.1, 0.15) is 12.8 Å². The van der Waals surface area contributed by atoms with E-state index in [1.807, 2.05) is 11.8 Å². The van der Waals surface area contributed by atoms with Crippen molar-refractivity contribution in [2.45, 2.75) is 23.2 Å². The summed E-state index contributed by atoms with van der Waals surface area (Å²) in [5.41, 5.74) is 1.66. The highest BCUT2D eigenvalue weighted by atomic mass is 32.2. The molecule has 2 saturated heterocycles. The maximum atomic E-state index is 5.64. The summed E-state index contributed by atoms with van der Waals surface area (Å²) in [6, 6.07) is 8.83. The molecule has 2 aliphatic heterocycles. The van der Waals surface area contributed by atoms with Crippen LogP contribution in [0.25, 0.3) is 0 Å². The summed E-state index contributed by atoms with van der Waals surface area (Å²) in [7, 11) is 0. The maximum Gasteiger partial charge on any atom is 0.107 e. The van der Waals surface area contributed by atoms with Crippen LogP contribution in [-0.4, -0.2) is 38.3 Å². The van der Waals surface area contributed by atoms with Crippen LogP contribution < -0.4 is 4.90 Å². The molecule has 0 radical (unpaired) electrons. The van der Waals surface area contributed by atoms with Crippen LogP contribution in [0.4, 0.5) is 5.69 Å². The van der Waals surface area contributed by atoms with Crippen molar-refractivity contribution in [2.24, 2.45) is 0 Å². The minimum Gasteiger partial charge on any atom is -0.378 e. The fourth-order valence-electron chi connectivity index (χ4n) is 2.35. The van der Waals surface area contributed by atoms with Crippen molar-refractivity contribution in [3.63, 3.8) is 0 Å². The van der Waals surface area contributed by atoms with Crippen molar-refractivity contribution in [3.05, 3.63) is 24.3 Å². The largest absolute Gasteiger partial charge is 0.378 e. The molecule has 98 valence electrons. The fraction of sp³-hybridized carbons (Fsp3) is 0.571. The third kappa shape index (κ3) is 2.99. The first kappa shape index (κ1) is 12.3. The van der Waals surface area contributed by atoms with Crippen molar-refractivity contribution in [1.82, 2.24) is 0 Å². The highest BCUT2D eigenvalue weighted by molar-refractivity contribution is 7.99. The number of anilines is 1. The Labute approximate surface area is 112 Å². The van der Waals surface area contributed by atoms with Gasteiger partial charge >= 0.3 is 0 Å². The van der Waals surface area contributed by atoms with E-state index in [2.05, 4.69) is 29.2 Å². The maximum absolute atomic E-state index is 5.64. The number of thioether (sulfide) groups is 1. The van der Waals surface area contributed by atoms with Gasteiger partial charge in [0.2, 0.25) is 0 Å². The normalized spacial score (nSPS) is 24.4. The second-order valence-electron chi connectivity index (χ2n) is 4.65. The zero-order valence-electron chi connectivity index (χ0n) is 10.5. The van der Waals surface area contributed by atoms with Crippen LogP contribution in [0, 0.1) is 0 Å². The van der Waals surface area contributed by atoms with E-state index in [9.17, 15) is 0 Å². The summed E-state index contributed by atoms with van der Waals surface area (Å²) >= 11 is 1.84. The first-order valence-electron chi connectivity index (χ1n) is 6.63. The lowest BCUT2D eigenvalue weighted by atomic mass is 10.2. The Balaban J connectivity index is 1.60. The van der Waals surface area contributed by atoms with E-state index in [-0.39, 0.29) is 0 Å². The summed E-state index contributed by atoms with van der Waals surface area (Å²) in [6.07, 6.45) is 2.37. The number of nitrogens with zero attached hydrogens (tertiary/aromatic N) is 1. The number of hydrogen-bond donors (Lipinski definition) is 0. The van der Waals surface area contributed by atoms with Gasteiger partial charge in [0.05, 0.1) is 13.2 Å². The molecule has 0 N–H and O–H groups in total. The molecular weight excluding hydrogens is 246 g/mol. The van der Waals surface area contributed by atoms with Gasteiger partial charge in [0, 0.05) is 30.3 Å². The molecular formula is C14H19NO2S. The molecule has 0 aromatic heterocycles. The van der Waals surface area contributed by atoms with Crippen molar-refractivity contribution >= 4 is 17.4 Å². The SMILES string of the molecule is c1cc(N2CCOCC2)ccc1SC1CCCO1. The molecule has 3 nitrogen and oxygen atoms in total. The van der Waals surface area contributed by atoms with Gasteiger partial charge in [-0.25, -0.2) is 0 Å². The molecule has 2 fully saturated rings. The van der Waals surface area contributed by atoms with Gasteiger partial charge < -0.3 is 14.4 Å². The third-order valence-corrected chi connectivity index (χ3v) is 4.55. The Morgan fingerprint density at radius 2 is 1.83 bits per heavy atom. The van der Waals surface area contributed by atoms with E-state index >= 15 is 0 Å². The smallest absolute Gasteiger partial charge is 0.107 e. The van der Waals surface area contributed by atoms with Gasteiger partial charge in [-0.05, 0) is 37.1 Å². The van der Waals surface area contributed by atoms with E-state index in [1.54, 1.807) is 0 Å².